The molecule has 6 heteroatoms. The highest BCUT2D eigenvalue weighted by Crippen LogP contribution is 2.51. The third-order valence-corrected chi connectivity index (χ3v) is 15.1. The molecular weight excluding hydrogens is 989 g/mol. The van der Waals surface area contributed by atoms with Crippen LogP contribution in [-0.4, -0.2) is 16.2 Å². The number of hydrogen-bond acceptors (Lipinski definition) is 5. The van der Waals surface area contributed by atoms with Crippen molar-refractivity contribution in [2.24, 2.45) is 0 Å². The molecule has 11 aromatic carbocycles. The van der Waals surface area contributed by atoms with Gasteiger partial charge in [-0.05, 0) is 125 Å². The van der Waals surface area contributed by atoms with Crippen LogP contribution in [0.3, 0.4) is 0 Å². The van der Waals surface area contributed by atoms with E-state index in [0.717, 1.165) is 44.3 Å². The van der Waals surface area contributed by atoms with Crippen molar-refractivity contribution in [3.8, 4) is 84.5 Å². The van der Waals surface area contributed by atoms with E-state index in [1.807, 2.05) is 142 Å². The summed E-state index contributed by atoms with van der Waals surface area (Å²) in [6, 6.07) is 47.3. The number of ether oxygens (including phenoxy) is 2. The molecule has 0 saturated heterocycles. The van der Waals surface area contributed by atoms with Crippen molar-refractivity contribution in [2.75, 3.05) is 16.5 Å². The van der Waals surface area contributed by atoms with Gasteiger partial charge in [-0.3, -0.25) is 4.57 Å². The fourth-order valence-electron chi connectivity index (χ4n) is 11.2. The predicted octanol–water partition coefficient (Wildman–Crippen LogP) is 20.3. The van der Waals surface area contributed by atoms with E-state index in [2.05, 4.69) is 45.0 Å². The van der Waals surface area contributed by atoms with Crippen molar-refractivity contribution in [1.29, 1.82) is 0 Å². The molecule has 1 aliphatic heterocycles. The molecule has 2 aromatic heterocycles. The molecule has 0 spiro atoms. The lowest BCUT2D eigenvalue weighted by Crippen LogP contribution is -2.24. The van der Waals surface area contributed by atoms with E-state index in [4.69, 9.17) is 35.0 Å². The van der Waals surface area contributed by atoms with Crippen LogP contribution >= 0.6 is 0 Å². The first-order valence-corrected chi connectivity index (χ1v) is 26.4. The Kier molecular flexibility index (Phi) is 9.00. The molecule has 81 heavy (non-hydrogen) atoms. The molecule has 0 unspecified atom stereocenters. The largest absolute Gasteiger partial charge is 0.457 e. The van der Waals surface area contributed by atoms with Gasteiger partial charge in [-0.15, -0.1) is 0 Å². The van der Waals surface area contributed by atoms with Crippen molar-refractivity contribution >= 4 is 44.6 Å². The zero-order chi connectivity index (χ0) is 67.4. The molecule has 6 nitrogen and oxygen atoms in total. The summed E-state index contributed by atoms with van der Waals surface area (Å²) in [5.41, 5.74) is 11.2. The fourth-order valence-corrected chi connectivity index (χ4v) is 11.2. The summed E-state index contributed by atoms with van der Waals surface area (Å²) in [4.78, 5) is 8.84. The molecule has 1 aliphatic rings. The topological polar surface area (TPSA) is 42.8 Å². The first kappa shape index (κ1) is 35.2. The Hall–Kier alpha value is -10.4. The second-order valence-corrected chi connectivity index (χ2v) is 19.7. The van der Waals surface area contributed by atoms with Gasteiger partial charge in [0.25, 0.3) is 0 Å². The van der Waals surface area contributed by atoms with Gasteiger partial charge >= 0.3 is 0 Å². The maximum Gasteiger partial charge on any atom is 0.143 e. The van der Waals surface area contributed by atoms with Crippen LogP contribution in [0.1, 0.15) is 37.3 Å². The number of anilines is 4. The third kappa shape index (κ3) is 8.93. The van der Waals surface area contributed by atoms with Gasteiger partial charge in [0.2, 0.25) is 0 Å². The Morgan fingerprint density at radius 1 is 0.407 bits per heavy atom. The van der Waals surface area contributed by atoms with Crippen molar-refractivity contribution in [2.45, 2.75) is 20.8 Å². The number of para-hydroxylation sites is 3. The number of hydrogen-bond donors (Lipinski definition) is 0. The standard InChI is InChI=1S/C75H56N4O2/c1-50-51(2)72(56-29-15-7-16-30-56)75(73(52(50)3)57-31-17-8-18-32-57)81-62-43-44-76-71(48-62)79-67-42-39-58(53-23-9-4-10-24-53)45-66(67)65-41-40-61(47-70(65)79)80-60-34-21-33-59(46-60)77-49-78(69-38-20-19-37-68(69)77)74-63(54-25-11-5-12-26-54)35-22-36-64(74)55-27-13-6-14-28-55/h4-48H,49H2,1-3H3/i4D,5D,6D,9D,10D,11D,12D,13D,14D,23D,24D,25D,26D,27D,28D. The van der Waals surface area contributed by atoms with Gasteiger partial charge in [0.1, 0.15) is 35.5 Å². The second-order valence-electron chi connectivity index (χ2n) is 19.7. The molecule has 13 aromatic rings. The molecule has 0 aliphatic carbocycles. The third-order valence-electron chi connectivity index (χ3n) is 15.1. The van der Waals surface area contributed by atoms with E-state index in [0.29, 0.717) is 67.9 Å². The second kappa shape index (κ2) is 20.7. The number of fused-ring (bicyclic) bond motifs is 4. The summed E-state index contributed by atoms with van der Waals surface area (Å²) in [7, 11) is 0. The molecule has 0 amide bonds. The summed E-state index contributed by atoms with van der Waals surface area (Å²) in [6.07, 6.45) is 1.69. The highest BCUT2D eigenvalue weighted by Gasteiger charge is 2.32. The monoisotopic (exact) mass is 1060 g/mol. The van der Waals surface area contributed by atoms with E-state index >= 15 is 0 Å². The Morgan fingerprint density at radius 2 is 0.975 bits per heavy atom. The Balaban J connectivity index is 0.895. The van der Waals surface area contributed by atoms with E-state index in [1.54, 1.807) is 30.5 Å². The SMILES string of the molecule is [2H]c1c([2H])c([2H])c(-c2ccc3c(c2)c2ccc(Oc4cccc(N5CN(c6c(-c7c([2H])c([2H])c([2H])c([2H])c7[2H])cccc6-c6c([2H])c([2H])c([2H])c([2H])c6[2H])c6ccccc65)c4)cc2n3-c2cc(Oc3c(-c4ccccc4)c(C)c(C)c(C)c3-c3ccccc3)ccn2)c([2H])c1[2H]. The average Bonchev–Trinajstić information content (AvgIpc) is 1.50. The molecule has 3 heterocycles. The number of pyridine rings is 1. The Labute approximate surface area is 493 Å². The maximum atomic E-state index is 9.15. The van der Waals surface area contributed by atoms with E-state index in [1.165, 1.54) is 0 Å². The van der Waals surface area contributed by atoms with Gasteiger partial charge in [0.15, 0.2) is 0 Å². The van der Waals surface area contributed by atoms with Crippen LogP contribution in [0.5, 0.6) is 23.0 Å². The normalized spacial score (nSPS) is 14.6. The minimum atomic E-state index is -0.587. The van der Waals surface area contributed by atoms with Crippen molar-refractivity contribution in [3.05, 3.63) is 289 Å². The summed E-state index contributed by atoms with van der Waals surface area (Å²) >= 11 is 0. The summed E-state index contributed by atoms with van der Waals surface area (Å²) in [5.74, 6) is 2.50. The molecule has 0 fully saturated rings. The quantitative estimate of drug-likeness (QED) is 0.122. The van der Waals surface area contributed by atoms with Gasteiger partial charge in [-0.2, -0.15) is 0 Å². The van der Waals surface area contributed by atoms with Crippen molar-refractivity contribution in [1.82, 2.24) is 9.55 Å². The smallest absolute Gasteiger partial charge is 0.143 e. The fraction of sp³-hybridized carbons (Fsp3) is 0.0533. The highest BCUT2D eigenvalue weighted by atomic mass is 16.5. The molecular formula is C75H56N4O2. The van der Waals surface area contributed by atoms with Crippen molar-refractivity contribution in [3.63, 3.8) is 0 Å². The first-order valence-electron chi connectivity index (χ1n) is 33.9. The minimum absolute atomic E-state index is 0.0289. The van der Waals surface area contributed by atoms with E-state index < -0.39 is 78.6 Å². The lowest BCUT2D eigenvalue weighted by atomic mass is 9.86. The molecule has 0 atom stereocenters. The average molecular weight is 1060 g/mol. The molecule has 0 saturated carbocycles. The number of aromatic nitrogens is 2. The zero-order valence-corrected chi connectivity index (χ0v) is 44.1. The first-order chi connectivity index (χ1) is 46.1. The Morgan fingerprint density at radius 3 is 1.62 bits per heavy atom. The molecule has 0 radical (unpaired) electrons. The lowest BCUT2D eigenvalue weighted by molar-refractivity contribution is 0.483. The molecule has 14 rings (SSSR count). The van der Waals surface area contributed by atoms with Crippen LogP contribution in [0.15, 0.2) is 273 Å². The Bertz CT molecular complexity index is 5170. The van der Waals surface area contributed by atoms with Gasteiger partial charge in [-0.1, -0.05) is 194 Å². The molecule has 0 N–H and O–H groups in total. The van der Waals surface area contributed by atoms with Gasteiger partial charge in [0.05, 0.1) is 48.7 Å². The molecule has 0 bridgehead atoms. The van der Waals surface area contributed by atoms with E-state index in [9.17, 15) is 0 Å². The van der Waals surface area contributed by atoms with Crippen LogP contribution in [0.25, 0.3) is 83.3 Å². The summed E-state index contributed by atoms with van der Waals surface area (Å²) < 4.78 is 148. The van der Waals surface area contributed by atoms with E-state index in [-0.39, 0.29) is 52.3 Å². The number of benzene rings is 11. The predicted molar refractivity (Wildman–Crippen MR) is 335 cm³/mol. The van der Waals surface area contributed by atoms with Crippen LogP contribution in [0.4, 0.5) is 22.7 Å². The number of rotatable bonds is 12. The lowest BCUT2D eigenvalue weighted by Gasteiger charge is -2.27. The summed E-state index contributed by atoms with van der Waals surface area (Å²) in [6.45, 7) is 6.39. The molecule has 388 valence electrons. The van der Waals surface area contributed by atoms with Crippen LogP contribution in [-0.2, 0) is 0 Å². The minimum Gasteiger partial charge on any atom is -0.457 e. The summed E-state index contributed by atoms with van der Waals surface area (Å²) in [5, 5.41) is 1.43. The van der Waals surface area contributed by atoms with Gasteiger partial charge in [-0.25, -0.2) is 4.98 Å². The van der Waals surface area contributed by atoms with Crippen LogP contribution < -0.4 is 19.3 Å². The maximum absolute atomic E-state index is 9.15. The van der Waals surface area contributed by atoms with Crippen LogP contribution in [0, 0.1) is 20.8 Å². The van der Waals surface area contributed by atoms with Gasteiger partial charge < -0.3 is 19.3 Å². The van der Waals surface area contributed by atoms with Crippen molar-refractivity contribution < 1.29 is 30.0 Å². The zero-order valence-electron chi connectivity index (χ0n) is 59.1. The van der Waals surface area contributed by atoms with Gasteiger partial charge in [0, 0.05) is 63.1 Å². The van der Waals surface area contributed by atoms with Crippen LogP contribution in [0.2, 0.25) is 0 Å². The number of nitrogens with zero attached hydrogens (tertiary/aromatic N) is 4. The highest BCUT2D eigenvalue weighted by molar-refractivity contribution is 6.11.